The average Bonchev–Trinajstić information content (AvgIpc) is 2.84. The SMILES string of the molecule is Cc1cccc2c1-c1ccccc1[Si@@H]2c1ccccc1. The highest BCUT2D eigenvalue weighted by molar-refractivity contribution is 6.99. The van der Waals surface area contributed by atoms with E-state index in [4.69, 9.17) is 0 Å². The molecule has 0 nitrogen and oxygen atoms in total. The van der Waals surface area contributed by atoms with E-state index in [1.54, 1.807) is 10.4 Å². The first-order valence-corrected chi connectivity index (χ1v) is 8.83. The number of hydrogen-bond donors (Lipinski definition) is 0. The van der Waals surface area contributed by atoms with Crippen molar-refractivity contribution in [3.8, 4) is 11.1 Å². The maximum absolute atomic E-state index is 2.34. The fourth-order valence-corrected chi connectivity index (χ4v) is 6.94. The third-order valence-electron chi connectivity index (χ3n) is 4.29. The van der Waals surface area contributed by atoms with Gasteiger partial charge in [0, 0.05) is 0 Å². The van der Waals surface area contributed by atoms with E-state index in [2.05, 4.69) is 79.7 Å². The topological polar surface area (TPSA) is 0 Å². The summed E-state index contributed by atoms with van der Waals surface area (Å²) >= 11 is 0. The summed E-state index contributed by atoms with van der Waals surface area (Å²) in [6.07, 6.45) is 0. The van der Waals surface area contributed by atoms with Crippen LogP contribution < -0.4 is 15.6 Å². The lowest BCUT2D eigenvalue weighted by atomic mass is 10.0. The van der Waals surface area contributed by atoms with Gasteiger partial charge in [0.15, 0.2) is 0 Å². The molecular weight excluding hydrogens is 256 g/mol. The Morgan fingerprint density at radius 3 is 2.20 bits per heavy atom. The largest absolute Gasteiger partial charge is 0.134 e. The van der Waals surface area contributed by atoms with Gasteiger partial charge >= 0.3 is 0 Å². The van der Waals surface area contributed by atoms with Gasteiger partial charge in [-0.2, -0.15) is 0 Å². The van der Waals surface area contributed by atoms with Crippen LogP contribution in [0.2, 0.25) is 0 Å². The number of hydrogen-bond acceptors (Lipinski definition) is 0. The van der Waals surface area contributed by atoms with Gasteiger partial charge in [-0.1, -0.05) is 78.0 Å². The van der Waals surface area contributed by atoms with Gasteiger partial charge < -0.3 is 0 Å². The van der Waals surface area contributed by atoms with E-state index in [1.165, 1.54) is 21.9 Å². The molecule has 0 amide bonds. The standard InChI is InChI=1S/C19H16Si/c1-14-8-7-13-18-19(14)16-11-5-6-12-17(16)20(18)15-9-3-2-4-10-15/h2-13,20H,1H3/t20-/m0/s1. The molecule has 1 aliphatic rings. The van der Waals surface area contributed by atoms with Gasteiger partial charge in [0.25, 0.3) is 0 Å². The van der Waals surface area contributed by atoms with E-state index in [0.29, 0.717) is 0 Å². The minimum Gasteiger partial charge on any atom is -0.0625 e. The molecule has 0 saturated heterocycles. The van der Waals surface area contributed by atoms with Crippen LogP contribution in [0.4, 0.5) is 0 Å². The Morgan fingerprint density at radius 2 is 1.35 bits per heavy atom. The van der Waals surface area contributed by atoms with Crippen LogP contribution >= 0.6 is 0 Å². The lowest BCUT2D eigenvalue weighted by Gasteiger charge is -2.12. The van der Waals surface area contributed by atoms with Crippen molar-refractivity contribution in [2.24, 2.45) is 0 Å². The second-order valence-corrected chi connectivity index (χ2v) is 8.25. The zero-order valence-corrected chi connectivity index (χ0v) is 12.7. The molecule has 4 rings (SSSR count). The Bertz CT molecular complexity index is 775. The molecule has 1 atom stereocenters. The molecule has 0 unspecified atom stereocenters. The van der Waals surface area contributed by atoms with E-state index in [1.807, 2.05) is 0 Å². The average molecular weight is 272 g/mol. The quantitative estimate of drug-likeness (QED) is 0.466. The Kier molecular flexibility index (Phi) is 2.61. The third-order valence-corrected chi connectivity index (χ3v) is 7.57. The molecule has 0 fully saturated rings. The van der Waals surface area contributed by atoms with Crippen molar-refractivity contribution in [3.05, 3.63) is 78.4 Å². The molecule has 0 aromatic heterocycles. The highest BCUT2D eigenvalue weighted by Gasteiger charge is 2.31. The van der Waals surface area contributed by atoms with Crippen molar-refractivity contribution in [2.45, 2.75) is 6.92 Å². The first kappa shape index (κ1) is 11.7. The van der Waals surface area contributed by atoms with E-state index in [9.17, 15) is 0 Å². The maximum Gasteiger partial charge on any atom is 0.134 e. The van der Waals surface area contributed by atoms with Gasteiger partial charge in [-0.15, -0.1) is 0 Å². The summed E-state index contributed by atoms with van der Waals surface area (Å²) < 4.78 is 0. The Labute approximate surface area is 121 Å². The minimum absolute atomic E-state index is 1.26. The Balaban J connectivity index is 2.05. The molecule has 0 bridgehead atoms. The van der Waals surface area contributed by atoms with Crippen molar-refractivity contribution in [3.63, 3.8) is 0 Å². The van der Waals surface area contributed by atoms with E-state index in [0.717, 1.165) is 0 Å². The van der Waals surface area contributed by atoms with Gasteiger partial charge in [-0.3, -0.25) is 0 Å². The van der Waals surface area contributed by atoms with Gasteiger partial charge in [0.1, 0.15) is 8.80 Å². The Hall–Kier alpha value is -2.12. The summed E-state index contributed by atoms with van der Waals surface area (Å²) in [7, 11) is -1.26. The van der Waals surface area contributed by atoms with Crippen LogP contribution in [-0.4, -0.2) is 8.80 Å². The van der Waals surface area contributed by atoms with E-state index >= 15 is 0 Å². The highest BCUT2D eigenvalue weighted by atomic mass is 28.3. The smallest absolute Gasteiger partial charge is 0.0625 e. The molecule has 0 saturated carbocycles. The maximum atomic E-state index is 2.34. The summed E-state index contributed by atoms with van der Waals surface area (Å²) in [6.45, 7) is 2.23. The van der Waals surface area contributed by atoms with Crippen LogP contribution in [0.5, 0.6) is 0 Å². The summed E-state index contributed by atoms with van der Waals surface area (Å²) in [5.41, 5.74) is 4.35. The lowest BCUT2D eigenvalue weighted by Crippen LogP contribution is -2.48. The molecule has 3 aromatic carbocycles. The summed E-state index contributed by atoms with van der Waals surface area (Å²) in [5.74, 6) is 0. The van der Waals surface area contributed by atoms with Crippen molar-refractivity contribution in [1.29, 1.82) is 0 Å². The van der Waals surface area contributed by atoms with Crippen LogP contribution in [-0.2, 0) is 0 Å². The fraction of sp³-hybridized carbons (Fsp3) is 0.0526. The minimum atomic E-state index is -1.26. The second-order valence-electron chi connectivity index (χ2n) is 5.47. The van der Waals surface area contributed by atoms with Gasteiger partial charge in [-0.05, 0) is 34.0 Å². The molecule has 1 aliphatic heterocycles. The molecule has 3 aromatic rings. The molecule has 96 valence electrons. The second kappa shape index (κ2) is 4.46. The number of fused-ring (bicyclic) bond motifs is 3. The molecule has 0 N–H and O–H groups in total. The van der Waals surface area contributed by atoms with Crippen molar-refractivity contribution in [1.82, 2.24) is 0 Å². The van der Waals surface area contributed by atoms with Crippen LogP contribution in [0.15, 0.2) is 72.8 Å². The predicted molar refractivity (Wildman–Crippen MR) is 89.1 cm³/mol. The molecule has 20 heavy (non-hydrogen) atoms. The fourth-order valence-electron chi connectivity index (χ4n) is 3.45. The number of benzene rings is 3. The molecule has 0 spiro atoms. The first-order valence-electron chi connectivity index (χ1n) is 7.10. The van der Waals surface area contributed by atoms with Crippen molar-refractivity contribution >= 4 is 24.4 Å². The zero-order valence-electron chi connectivity index (χ0n) is 11.5. The van der Waals surface area contributed by atoms with Crippen LogP contribution in [0.25, 0.3) is 11.1 Å². The highest BCUT2D eigenvalue weighted by Crippen LogP contribution is 2.25. The Morgan fingerprint density at radius 1 is 0.650 bits per heavy atom. The molecular formula is C19H16Si. The molecule has 1 heterocycles. The molecule has 0 aliphatic carbocycles. The lowest BCUT2D eigenvalue weighted by molar-refractivity contribution is 1.49. The number of aryl methyl sites for hydroxylation is 1. The summed E-state index contributed by atoms with van der Waals surface area (Å²) in [5, 5.41) is 4.67. The zero-order chi connectivity index (χ0) is 13.5. The normalized spacial score (nSPS) is 15.8. The van der Waals surface area contributed by atoms with Gasteiger partial charge in [0.2, 0.25) is 0 Å². The predicted octanol–water partition coefficient (Wildman–Crippen LogP) is 2.22. The van der Waals surface area contributed by atoms with Gasteiger partial charge in [0.05, 0.1) is 0 Å². The summed E-state index contributed by atoms with van der Waals surface area (Å²) in [6, 6.07) is 26.8. The van der Waals surface area contributed by atoms with Crippen molar-refractivity contribution < 1.29 is 0 Å². The van der Waals surface area contributed by atoms with Crippen LogP contribution in [0.1, 0.15) is 5.56 Å². The third kappa shape index (κ3) is 1.60. The monoisotopic (exact) mass is 272 g/mol. The molecule has 0 radical (unpaired) electrons. The van der Waals surface area contributed by atoms with Gasteiger partial charge in [-0.25, -0.2) is 0 Å². The molecule has 1 heteroatoms. The van der Waals surface area contributed by atoms with E-state index < -0.39 is 8.80 Å². The van der Waals surface area contributed by atoms with E-state index in [-0.39, 0.29) is 0 Å². The van der Waals surface area contributed by atoms with Crippen molar-refractivity contribution in [2.75, 3.05) is 0 Å². The number of rotatable bonds is 1. The summed E-state index contributed by atoms with van der Waals surface area (Å²) in [4.78, 5) is 0. The first-order chi connectivity index (χ1) is 9.86. The van der Waals surface area contributed by atoms with Crippen LogP contribution in [0, 0.1) is 6.92 Å². The van der Waals surface area contributed by atoms with Crippen LogP contribution in [0.3, 0.4) is 0 Å².